The van der Waals surface area contributed by atoms with Gasteiger partial charge in [0, 0.05) is 12.0 Å². The monoisotopic (exact) mass is 209 g/mol. The second kappa shape index (κ2) is 4.02. The molecule has 82 valence electrons. The Morgan fingerprint density at radius 2 is 2.33 bits per heavy atom. The maximum atomic E-state index is 11.6. The molecule has 1 aromatic rings. The minimum atomic E-state index is -0.304. The molecule has 1 aliphatic carbocycles. The molecule has 1 saturated carbocycles. The van der Waals surface area contributed by atoms with Gasteiger partial charge in [-0.05, 0) is 12.8 Å². The number of aromatic nitrogens is 1. The average molecular weight is 209 g/mol. The third kappa shape index (κ3) is 2.56. The molecule has 5 heteroatoms. The van der Waals surface area contributed by atoms with Crippen LogP contribution in [0.25, 0.3) is 0 Å². The third-order valence-electron chi connectivity index (χ3n) is 2.83. The van der Waals surface area contributed by atoms with Crippen molar-refractivity contribution in [1.29, 1.82) is 0 Å². The predicted molar refractivity (Wildman–Crippen MR) is 55.1 cm³/mol. The minimum absolute atomic E-state index is 0.0670. The minimum Gasteiger partial charge on any atom is -0.363 e. The lowest BCUT2D eigenvalue weighted by molar-refractivity contribution is -0.117. The second-order valence-electron chi connectivity index (χ2n) is 4.21. The highest BCUT2D eigenvalue weighted by atomic mass is 16.5. The van der Waals surface area contributed by atoms with Crippen LogP contribution in [-0.2, 0) is 4.79 Å². The number of rotatable bonds is 3. The summed E-state index contributed by atoms with van der Waals surface area (Å²) in [6.45, 7) is 0. The normalized spacial score (nSPS) is 19.0. The van der Waals surface area contributed by atoms with Gasteiger partial charge in [0.2, 0.25) is 5.91 Å². The highest BCUT2D eigenvalue weighted by Gasteiger charge is 2.31. The van der Waals surface area contributed by atoms with Gasteiger partial charge in [-0.15, -0.1) is 0 Å². The van der Waals surface area contributed by atoms with E-state index in [2.05, 4.69) is 15.0 Å². The van der Waals surface area contributed by atoms with E-state index in [9.17, 15) is 4.79 Å². The fourth-order valence-electron chi connectivity index (χ4n) is 2.05. The number of nitrogens with one attached hydrogen (secondary N) is 1. The quantitative estimate of drug-likeness (QED) is 0.785. The topological polar surface area (TPSA) is 81.2 Å². The van der Waals surface area contributed by atoms with Crippen LogP contribution in [0.2, 0.25) is 0 Å². The van der Waals surface area contributed by atoms with Gasteiger partial charge in [0.25, 0.3) is 0 Å². The zero-order valence-corrected chi connectivity index (χ0v) is 8.53. The number of carbonyl (C=O) groups excluding carboxylic acids is 1. The van der Waals surface area contributed by atoms with Crippen LogP contribution in [0.15, 0.2) is 17.0 Å². The SMILES string of the molecule is NC1(CC(=O)Nc2cnoc2)CCCC1. The highest BCUT2D eigenvalue weighted by molar-refractivity contribution is 5.91. The lowest BCUT2D eigenvalue weighted by atomic mass is 9.94. The molecule has 0 aliphatic heterocycles. The van der Waals surface area contributed by atoms with Crippen molar-refractivity contribution in [3.05, 3.63) is 12.5 Å². The Labute approximate surface area is 88.0 Å². The van der Waals surface area contributed by atoms with Crippen LogP contribution < -0.4 is 11.1 Å². The van der Waals surface area contributed by atoms with Crippen LogP contribution >= 0.6 is 0 Å². The summed E-state index contributed by atoms with van der Waals surface area (Å²) >= 11 is 0. The first-order chi connectivity index (χ1) is 7.18. The van der Waals surface area contributed by atoms with E-state index in [-0.39, 0.29) is 11.4 Å². The molecule has 0 saturated heterocycles. The maximum Gasteiger partial charge on any atom is 0.226 e. The molecule has 15 heavy (non-hydrogen) atoms. The van der Waals surface area contributed by atoms with Crippen molar-refractivity contribution >= 4 is 11.6 Å². The van der Waals surface area contributed by atoms with Gasteiger partial charge in [0.15, 0.2) is 0 Å². The molecule has 1 aliphatic rings. The van der Waals surface area contributed by atoms with Crippen molar-refractivity contribution in [3.8, 4) is 0 Å². The van der Waals surface area contributed by atoms with Crippen LogP contribution in [-0.4, -0.2) is 16.6 Å². The number of hydrogen-bond donors (Lipinski definition) is 2. The van der Waals surface area contributed by atoms with E-state index in [1.807, 2.05) is 0 Å². The van der Waals surface area contributed by atoms with Gasteiger partial charge in [-0.3, -0.25) is 4.79 Å². The van der Waals surface area contributed by atoms with Crippen molar-refractivity contribution in [2.75, 3.05) is 5.32 Å². The van der Waals surface area contributed by atoms with E-state index in [4.69, 9.17) is 5.73 Å². The lowest BCUT2D eigenvalue weighted by Crippen LogP contribution is -2.40. The largest absolute Gasteiger partial charge is 0.363 e. The van der Waals surface area contributed by atoms with E-state index in [1.165, 1.54) is 12.5 Å². The number of amides is 1. The Kier molecular flexibility index (Phi) is 2.73. The third-order valence-corrected chi connectivity index (χ3v) is 2.83. The Bertz CT molecular complexity index is 328. The molecule has 5 nitrogen and oxygen atoms in total. The molecular weight excluding hydrogens is 194 g/mol. The highest BCUT2D eigenvalue weighted by Crippen LogP contribution is 2.30. The van der Waals surface area contributed by atoms with Crippen molar-refractivity contribution in [3.63, 3.8) is 0 Å². The number of carbonyl (C=O) groups is 1. The second-order valence-corrected chi connectivity index (χ2v) is 4.21. The molecule has 0 atom stereocenters. The van der Waals surface area contributed by atoms with E-state index in [1.54, 1.807) is 0 Å². The standard InChI is InChI=1S/C10H15N3O2/c11-10(3-1-2-4-10)5-9(14)13-8-6-12-15-7-8/h6-7H,1-5,11H2,(H,13,14). The number of nitrogens with zero attached hydrogens (tertiary/aromatic N) is 1. The predicted octanol–water partition coefficient (Wildman–Crippen LogP) is 1.27. The molecule has 1 amide bonds. The first-order valence-corrected chi connectivity index (χ1v) is 5.16. The van der Waals surface area contributed by atoms with Gasteiger partial charge in [-0.1, -0.05) is 18.0 Å². The first kappa shape index (κ1) is 10.2. The van der Waals surface area contributed by atoms with Crippen LogP contribution in [0, 0.1) is 0 Å². The van der Waals surface area contributed by atoms with Gasteiger partial charge in [-0.2, -0.15) is 0 Å². The molecule has 0 aromatic carbocycles. The Morgan fingerprint density at radius 3 is 2.93 bits per heavy atom. The van der Waals surface area contributed by atoms with Crippen LogP contribution in [0.3, 0.4) is 0 Å². The van der Waals surface area contributed by atoms with Crippen LogP contribution in [0.5, 0.6) is 0 Å². The fraction of sp³-hybridized carbons (Fsp3) is 0.600. The number of hydrogen-bond acceptors (Lipinski definition) is 4. The fourth-order valence-corrected chi connectivity index (χ4v) is 2.05. The summed E-state index contributed by atoms with van der Waals surface area (Å²) in [6, 6.07) is 0. The van der Waals surface area contributed by atoms with E-state index >= 15 is 0 Å². The van der Waals surface area contributed by atoms with Crippen LogP contribution in [0.4, 0.5) is 5.69 Å². The van der Waals surface area contributed by atoms with Crippen molar-refractivity contribution < 1.29 is 9.32 Å². The van der Waals surface area contributed by atoms with E-state index < -0.39 is 0 Å². The summed E-state index contributed by atoms with van der Waals surface area (Å²) in [7, 11) is 0. The summed E-state index contributed by atoms with van der Waals surface area (Å²) in [5.74, 6) is -0.0670. The summed E-state index contributed by atoms with van der Waals surface area (Å²) in [5, 5.41) is 6.20. The summed E-state index contributed by atoms with van der Waals surface area (Å²) in [6.07, 6.45) is 7.35. The average Bonchev–Trinajstić information content (AvgIpc) is 2.76. The zero-order valence-electron chi connectivity index (χ0n) is 8.53. The zero-order chi connectivity index (χ0) is 10.7. The molecule has 0 radical (unpaired) electrons. The molecule has 1 fully saturated rings. The Hall–Kier alpha value is -1.36. The molecule has 1 heterocycles. The smallest absolute Gasteiger partial charge is 0.226 e. The van der Waals surface area contributed by atoms with Crippen molar-refractivity contribution in [2.45, 2.75) is 37.6 Å². The lowest BCUT2D eigenvalue weighted by Gasteiger charge is -2.22. The first-order valence-electron chi connectivity index (χ1n) is 5.16. The van der Waals surface area contributed by atoms with E-state index in [0.717, 1.165) is 25.7 Å². The molecule has 2 rings (SSSR count). The van der Waals surface area contributed by atoms with Gasteiger partial charge >= 0.3 is 0 Å². The van der Waals surface area contributed by atoms with Gasteiger partial charge in [0.1, 0.15) is 12.0 Å². The van der Waals surface area contributed by atoms with E-state index in [0.29, 0.717) is 12.1 Å². The molecule has 0 unspecified atom stereocenters. The summed E-state index contributed by atoms with van der Waals surface area (Å²) in [5.41, 5.74) is 6.37. The molecule has 0 bridgehead atoms. The number of nitrogens with two attached hydrogens (primary N) is 1. The maximum absolute atomic E-state index is 11.6. The molecule has 0 spiro atoms. The summed E-state index contributed by atoms with van der Waals surface area (Å²) < 4.78 is 4.61. The molecule has 3 N–H and O–H groups in total. The molecular formula is C10H15N3O2. The van der Waals surface area contributed by atoms with Crippen LogP contribution in [0.1, 0.15) is 32.1 Å². The Morgan fingerprint density at radius 1 is 1.60 bits per heavy atom. The van der Waals surface area contributed by atoms with Crippen molar-refractivity contribution in [1.82, 2.24) is 5.16 Å². The Balaban J connectivity index is 1.87. The van der Waals surface area contributed by atoms with Crippen molar-refractivity contribution in [2.24, 2.45) is 5.73 Å². The number of anilines is 1. The summed E-state index contributed by atoms with van der Waals surface area (Å²) in [4.78, 5) is 11.6. The molecule has 1 aromatic heterocycles. The van der Waals surface area contributed by atoms with Gasteiger partial charge in [-0.25, -0.2) is 0 Å². The van der Waals surface area contributed by atoms with Gasteiger partial charge in [0.05, 0.1) is 6.20 Å². The van der Waals surface area contributed by atoms with Gasteiger partial charge < -0.3 is 15.6 Å².